The van der Waals surface area contributed by atoms with Crippen LogP contribution >= 0.6 is 0 Å². The van der Waals surface area contributed by atoms with Crippen LogP contribution < -0.4 is 4.74 Å². The van der Waals surface area contributed by atoms with E-state index in [9.17, 15) is 4.79 Å². The van der Waals surface area contributed by atoms with Crippen LogP contribution in [0.15, 0.2) is 60.8 Å². The van der Waals surface area contributed by atoms with Gasteiger partial charge in [-0.25, -0.2) is 4.68 Å². The number of amides is 1. The van der Waals surface area contributed by atoms with E-state index < -0.39 is 0 Å². The highest BCUT2D eigenvalue weighted by molar-refractivity contribution is 6.00. The second-order valence-electron chi connectivity index (χ2n) is 7.91. The zero-order chi connectivity index (χ0) is 21.1. The van der Waals surface area contributed by atoms with Crippen LogP contribution in [0, 0.1) is 0 Å². The molecule has 0 saturated carbocycles. The lowest BCUT2D eigenvalue weighted by Crippen LogP contribution is -2.47. The van der Waals surface area contributed by atoms with Crippen LogP contribution in [0.2, 0.25) is 0 Å². The monoisotopic (exact) mass is 404 g/mol. The molecule has 1 aliphatic rings. The number of rotatable bonds is 5. The Labute approximate surface area is 177 Å². The lowest BCUT2D eigenvalue weighted by atomic mass is 10.0. The quantitative estimate of drug-likeness (QED) is 0.650. The van der Waals surface area contributed by atoms with Crippen molar-refractivity contribution >= 4 is 5.91 Å². The number of para-hydroxylation sites is 1. The van der Waals surface area contributed by atoms with Crippen molar-refractivity contribution in [2.75, 3.05) is 34.3 Å². The van der Waals surface area contributed by atoms with E-state index in [1.807, 2.05) is 65.7 Å². The standard InChI is InChI=1S/C24H28N4O2/c1-26(2)20-10-7-15-27(16-20)24(29)22-17-28(19-8-5-4-6-9-19)25-23(22)18-11-13-21(30-3)14-12-18/h4-6,8-9,11-14,17,20H,7,10,15-16H2,1-3H3. The van der Waals surface area contributed by atoms with Gasteiger partial charge in [-0.1, -0.05) is 18.2 Å². The highest BCUT2D eigenvalue weighted by atomic mass is 16.5. The number of aromatic nitrogens is 2. The fourth-order valence-electron chi connectivity index (χ4n) is 3.94. The van der Waals surface area contributed by atoms with E-state index in [-0.39, 0.29) is 5.91 Å². The van der Waals surface area contributed by atoms with Crippen LogP contribution in [-0.2, 0) is 0 Å². The number of methoxy groups -OCH3 is 1. The normalized spacial score (nSPS) is 16.7. The summed E-state index contributed by atoms with van der Waals surface area (Å²) in [4.78, 5) is 17.7. The van der Waals surface area contributed by atoms with Crippen molar-refractivity contribution in [2.24, 2.45) is 0 Å². The van der Waals surface area contributed by atoms with Crippen LogP contribution in [0.25, 0.3) is 16.9 Å². The zero-order valence-corrected chi connectivity index (χ0v) is 17.8. The minimum absolute atomic E-state index is 0.0366. The van der Waals surface area contributed by atoms with Gasteiger partial charge >= 0.3 is 0 Å². The SMILES string of the molecule is COc1ccc(-c2nn(-c3ccccc3)cc2C(=O)N2CCCC(N(C)C)C2)cc1. The lowest BCUT2D eigenvalue weighted by molar-refractivity contribution is 0.0636. The molecule has 6 heteroatoms. The van der Waals surface area contributed by atoms with Crippen molar-refractivity contribution < 1.29 is 9.53 Å². The molecule has 1 saturated heterocycles. The van der Waals surface area contributed by atoms with E-state index in [2.05, 4.69) is 19.0 Å². The molecule has 156 valence electrons. The number of ether oxygens (including phenoxy) is 1. The molecule has 0 radical (unpaired) electrons. The Bertz CT molecular complexity index is 996. The summed E-state index contributed by atoms with van der Waals surface area (Å²) in [6.07, 6.45) is 3.99. The molecule has 1 atom stereocenters. The summed E-state index contributed by atoms with van der Waals surface area (Å²) >= 11 is 0. The van der Waals surface area contributed by atoms with Gasteiger partial charge in [-0.2, -0.15) is 5.10 Å². The number of likely N-dealkylation sites (N-methyl/N-ethyl adjacent to an activating group) is 1. The van der Waals surface area contributed by atoms with Gasteiger partial charge in [0.15, 0.2) is 0 Å². The highest BCUT2D eigenvalue weighted by Crippen LogP contribution is 2.28. The largest absolute Gasteiger partial charge is 0.497 e. The van der Waals surface area contributed by atoms with Gasteiger partial charge in [-0.05, 0) is 63.3 Å². The minimum atomic E-state index is 0.0366. The second-order valence-corrected chi connectivity index (χ2v) is 7.91. The first-order valence-electron chi connectivity index (χ1n) is 10.3. The number of likely N-dealkylation sites (tertiary alicyclic amines) is 1. The van der Waals surface area contributed by atoms with Crippen molar-refractivity contribution in [1.29, 1.82) is 0 Å². The van der Waals surface area contributed by atoms with E-state index in [0.717, 1.165) is 42.9 Å². The van der Waals surface area contributed by atoms with Crippen LogP contribution in [0.4, 0.5) is 0 Å². The Balaban J connectivity index is 1.73. The van der Waals surface area contributed by atoms with Crippen LogP contribution in [-0.4, -0.2) is 65.8 Å². The first kappa shape index (κ1) is 20.2. The molecule has 0 spiro atoms. The third-order valence-electron chi connectivity index (χ3n) is 5.74. The van der Waals surface area contributed by atoms with Gasteiger partial charge in [0, 0.05) is 30.9 Å². The predicted octanol–water partition coefficient (Wildman–Crippen LogP) is 3.71. The maximum Gasteiger partial charge on any atom is 0.257 e. The van der Waals surface area contributed by atoms with Crippen molar-refractivity contribution in [2.45, 2.75) is 18.9 Å². The Hall–Kier alpha value is -3.12. The van der Waals surface area contributed by atoms with Gasteiger partial charge in [0.05, 0.1) is 18.4 Å². The molecule has 30 heavy (non-hydrogen) atoms. The predicted molar refractivity (Wildman–Crippen MR) is 118 cm³/mol. The van der Waals surface area contributed by atoms with Gasteiger partial charge in [0.2, 0.25) is 0 Å². The number of nitrogens with zero attached hydrogens (tertiary/aromatic N) is 4. The van der Waals surface area contributed by atoms with Crippen molar-refractivity contribution in [3.8, 4) is 22.7 Å². The summed E-state index contributed by atoms with van der Waals surface area (Å²) < 4.78 is 7.07. The van der Waals surface area contributed by atoms with Crippen LogP contribution in [0.3, 0.4) is 0 Å². The Morgan fingerprint density at radius 2 is 1.83 bits per heavy atom. The van der Waals surface area contributed by atoms with E-state index in [0.29, 0.717) is 17.3 Å². The zero-order valence-electron chi connectivity index (χ0n) is 17.8. The molecular formula is C24H28N4O2. The summed E-state index contributed by atoms with van der Waals surface area (Å²) in [6.45, 7) is 1.52. The van der Waals surface area contributed by atoms with Crippen molar-refractivity contribution in [1.82, 2.24) is 19.6 Å². The van der Waals surface area contributed by atoms with Gasteiger partial charge in [-0.3, -0.25) is 4.79 Å². The maximum absolute atomic E-state index is 13.6. The first-order chi connectivity index (χ1) is 14.6. The first-order valence-corrected chi connectivity index (χ1v) is 10.3. The van der Waals surface area contributed by atoms with Crippen LogP contribution in [0.1, 0.15) is 23.2 Å². The van der Waals surface area contributed by atoms with Gasteiger partial charge in [0.25, 0.3) is 5.91 Å². The van der Waals surface area contributed by atoms with Gasteiger partial charge < -0.3 is 14.5 Å². The molecule has 0 aliphatic carbocycles. The van der Waals surface area contributed by atoms with Crippen molar-refractivity contribution in [3.63, 3.8) is 0 Å². The van der Waals surface area contributed by atoms with E-state index >= 15 is 0 Å². The average Bonchev–Trinajstić information content (AvgIpc) is 3.25. The third kappa shape index (κ3) is 4.09. The molecule has 2 heterocycles. The summed E-state index contributed by atoms with van der Waals surface area (Å²) in [7, 11) is 5.80. The van der Waals surface area contributed by atoms with Gasteiger partial charge in [0.1, 0.15) is 11.4 Å². The third-order valence-corrected chi connectivity index (χ3v) is 5.74. The van der Waals surface area contributed by atoms with E-state index in [4.69, 9.17) is 9.84 Å². The lowest BCUT2D eigenvalue weighted by Gasteiger charge is -2.36. The number of benzene rings is 2. The molecule has 2 aromatic carbocycles. The Kier molecular flexibility index (Phi) is 5.86. The number of carbonyl (C=O) groups excluding carboxylic acids is 1. The molecule has 1 unspecified atom stereocenters. The molecule has 1 amide bonds. The Morgan fingerprint density at radius 3 is 2.50 bits per heavy atom. The van der Waals surface area contributed by atoms with Crippen LogP contribution in [0.5, 0.6) is 5.75 Å². The Morgan fingerprint density at radius 1 is 1.10 bits per heavy atom. The molecule has 6 nitrogen and oxygen atoms in total. The smallest absolute Gasteiger partial charge is 0.257 e. The molecule has 3 aromatic rings. The van der Waals surface area contributed by atoms with E-state index in [1.165, 1.54) is 0 Å². The van der Waals surface area contributed by atoms with Gasteiger partial charge in [-0.15, -0.1) is 0 Å². The molecular weight excluding hydrogens is 376 g/mol. The molecule has 1 aromatic heterocycles. The molecule has 1 fully saturated rings. The summed E-state index contributed by atoms with van der Waals surface area (Å²) in [6, 6.07) is 18.0. The summed E-state index contributed by atoms with van der Waals surface area (Å²) in [5, 5.41) is 4.79. The number of hydrogen-bond donors (Lipinski definition) is 0. The topological polar surface area (TPSA) is 50.6 Å². The average molecular weight is 405 g/mol. The highest BCUT2D eigenvalue weighted by Gasteiger charge is 2.28. The number of hydrogen-bond acceptors (Lipinski definition) is 4. The molecule has 4 rings (SSSR count). The summed E-state index contributed by atoms with van der Waals surface area (Å²) in [5.74, 6) is 0.813. The fourth-order valence-corrected chi connectivity index (χ4v) is 3.94. The number of carbonyl (C=O) groups is 1. The minimum Gasteiger partial charge on any atom is -0.497 e. The maximum atomic E-state index is 13.6. The summed E-state index contributed by atoms with van der Waals surface area (Å²) in [5.41, 5.74) is 3.15. The second kappa shape index (κ2) is 8.71. The fraction of sp³-hybridized carbons (Fsp3) is 0.333. The van der Waals surface area contributed by atoms with Crippen molar-refractivity contribution in [3.05, 3.63) is 66.4 Å². The van der Waals surface area contributed by atoms with E-state index in [1.54, 1.807) is 11.8 Å². The number of piperidine rings is 1. The molecule has 0 N–H and O–H groups in total. The molecule has 0 bridgehead atoms. The molecule has 1 aliphatic heterocycles.